The fourth-order valence-corrected chi connectivity index (χ4v) is 5.31. The van der Waals surface area contributed by atoms with Gasteiger partial charge in [0.05, 0.1) is 21.8 Å². The van der Waals surface area contributed by atoms with E-state index in [1.807, 2.05) is 51.6 Å². The first kappa shape index (κ1) is 20.1. The van der Waals surface area contributed by atoms with Crippen molar-refractivity contribution in [3.05, 3.63) is 46.7 Å². The fraction of sp³-hybridized carbons (Fsp3) is 0.435. The number of likely N-dealkylation sites (tertiary alicyclic amines) is 1. The number of nitrogens with one attached hydrogen (secondary N) is 1. The zero-order valence-electron chi connectivity index (χ0n) is 17.5. The van der Waals surface area contributed by atoms with Crippen LogP contribution >= 0.6 is 11.3 Å². The maximum atomic E-state index is 13.3. The zero-order valence-corrected chi connectivity index (χ0v) is 18.3. The third-order valence-electron chi connectivity index (χ3n) is 6.27. The highest BCUT2D eigenvalue weighted by molar-refractivity contribution is 7.12. The number of aromatic nitrogens is 2. The Hall–Kier alpha value is -2.87. The average Bonchev–Trinajstić information content (AvgIpc) is 3.43. The van der Waals surface area contributed by atoms with Crippen LogP contribution in [0.2, 0.25) is 0 Å². The number of thiophene rings is 1. The molecule has 2 aromatic heterocycles. The highest BCUT2D eigenvalue weighted by atomic mass is 32.1. The standard InChI is InChI=1S/C23H27N5O2S/c29-21(17-6-3-10-28(16-17)22(30)20-9-4-15-31-20)26-11-5-12-27(14-13-26)23-24-18-7-1-2-8-19(18)25-23/h1-2,4,7-9,15,17H,3,5-6,10-14,16H2,(H,24,25). The Morgan fingerprint density at radius 1 is 0.968 bits per heavy atom. The fourth-order valence-electron chi connectivity index (χ4n) is 4.62. The van der Waals surface area contributed by atoms with Crippen LogP contribution in [0.4, 0.5) is 5.95 Å². The highest BCUT2D eigenvalue weighted by Gasteiger charge is 2.32. The molecule has 7 nitrogen and oxygen atoms in total. The van der Waals surface area contributed by atoms with E-state index in [2.05, 4.69) is 9.88 Å². The molecule has 1 N–H and O–H groups in total. The van der Waals surface area contributed by atoms with Crippen LogP contribution in [0.5, 0.6) is 0 Å². The second-order valence-electron chi connectivity index (χ2n) is 8.31. The Balaban J connectivity index is 1.22. The number of carbonyl (C=O) groups is 2. The van der Waals surface area contributed by atoms with Crippen LogP contribution in [0.3, 0.4) is 0 Å². The monoisotopic (exact) mass is 437 g/mol. The van der Waals surface area contributed by atoms with E-state index >= 15 is 0 Å². The van der Waals surface area contributed by atoms with E-state index in [0.717, 1.165) is 67.3 Å². The summed E-state index contributed by atoms with van der Waals surface area (Å²) in [5.74, 6) is 1.02. The lowest BCUT2D eigenvalue weighted by Crippen LogP contribution is -2.47. The molecule has 1 unspecified atom stereocenters. The molecule has 2 aliphatic rings. The largest absolute Gasteiger partial charge is 0.341 e. The Kier molecular flexibility index (Phi) is 5.63. The number of aromatic amines is 1. The minimum Gasteiger partial charge on any atom is -0.341 e. The van der Waals surface area contributed by atoms with Gasteiger partial charge in [-0.15, -0.1) is 11.3 Å². The van der Waals surface area contributed by atoms with Crippen molar-refractivity contribution in [2.45, 2.75) is 19.3 Å². The lowest BCUT2D eigenvalue weighted by Gasteiger charge is -2.34. The number of rotatable bonds is 3. The Morgan fingerprint density at radius 3 is 2.68 bits per heavy atom. The molecule has 5 rings (SSSR count). The molecule has 0 spiro atoms. The number of fused-ring (bicyclic) bond motifs is 1. The van der Waals surface area contributed by atoms with Gasteiger partial charge in [0.15, 0.2) is 0 Å². The van der Waals surface area contributed by atoms with Gasteiger partial charge in [-0.1, -0.05) is 18.2 Å². The van der Waals surface area contributed by atoms with Crippen LogP contribution in [-0.2, 0) is 4.79 Å². The number of piperidine rings is 1. The summed E-state index contributed by atoms with van der Waals surface area (Å²) in [6.07, 6.45) is 2.65. The SMILES string of the molecule is O=C(c1cccs1)N1CCCC(C(=O)N2CCCN(c3nc4ccccc4[nH]3)CC2)C1. The normalized spacial score (nSPS) is 20.1. The molecule has 8 heteroatoms. The van der Waals surface area contributed by atoms with Crippen molar-refractivity contribution in [3.8, 4) is 0 Å². The lowest BCUT2D eigenvalue weighted by atomic mass is 9.96. The molecule has 3 aromatic rings. The van der Waals surface area contributed by atoms with Crippen LogP contribution < -0.4 is 4.90 Å². The van der Waals surface area contributed by atoms with Crippen LogP contribution in [0, 0.1) is 5.92 Å². The van der Waals surface area contributed by atoms with E-state index < -0.39 is 0 Å². The van der Waals surface area contributed by atoms with E-state index in [0.29, 0.717) is 13.1 Å². The van der Waals surface area contributed by atoms with Gasteiger partial charge in [-0.05, 0) is 42.8 Å². The number of H-pyrrole nitrogens is 1. The molecular weight excluding hydrogens is 410 g/mol. The van der Waals surface area contributed by atoms with Gasteiger partial charge >= 0.3 is 0 Å². The Morgan fingerprint density at radius 2 is 1.84 bits per heavy atom. The molecular formula is C23H27N5O2S. The summed E-state index contributed by atoms with van der Waals surface area (Å²) < 4.78 is 0. The molecule has 2 saturated heterocycles. The minimum atomic E-state index is -0.101. The first-order chi connectivity index (χ1) is 15.2. The second kappa shape index (κ2) is 8.70. The second-order valence-corrected chi connectivity index (χ2v) is 9.26. The molecule has 31 heavy (non-hydrogen) atoms. The molecule has 2 fully saturated rings. The smallest absolute Gasteiger partial charge is 0.263 e. The van der Waals surface area contributed by atoms with Crippen molar-refractivity contribution >= 4 is 40.1 Å². The molecule has 2 aliphatic heterocycles. The topological polar surface area (TPSA) is 72.5 Å². The van der Waals surface area contributed by atoms with Gasteiger partial charge in [0.2, 0.25) is 11.9 Å². The summed E-state index contributed by atoms with van der Waals surface area (Å²) in [4.78, 5) is 41.0. The number of benzene rings is 1. The summed E-state index contributed by atoms with van der Waals surface area (Å²) in [7, 11) is 0. The highest BCUT2D eigenvalue weighted by Crippen LogP contribution is 2.24. The number of imidazole rings is 1. The van der Waals surface area contributed by atoms with Gasteiger partial charge in [0, 0.05) is 39.3 Å². The Bertz CT molecular complexity index is 1030. The van der Waals surface area contributed by atoms with Crippen molar-refractivity contribution in [2.75, 3.05) is 44.2 Å². The molecule has 4 heterocycles. The number of carbonyl (C=O) groups excluding carboxylic acids is 2. The molecule has 0 bridgehead atoms. The molecule has 0 saturated carbocycles. The molecule has 162 valence electrons. The van der Waals surface area contributed by atoms with Crippen LogP contribution in [-0.4, -0.2) is 70.9 Å². The summed E-state index contributed by atoms with van der Waals surface area (Å²) >= 11 is 1.46. The van der Waals surface area contributed by atoms with Crippen molar-refractivity contribution in [2.24, 2.45) is 5.92 Å². The quantitative estimate of drug-likeness (QED) is 0.683. The predicted molar refractivity (Wildman–Crippen MR) is 122 cm³/mol. The maximum Gasteiger partial charge on any atom is 0.263 e. The molecule has 0 aliphatic carbocycles. The van der Waals surface area contributed by atoms with E-state index in [-0.39, 0.29) is 17.7 Å². The van der Waals surface area contributed by atoms with Crippen LogP contribution in [0.15, 0.2) is 41.8 Å². The lowest BCUT2D eigenvalue weighted by molar-refractivity contribution is -0.136. The zero-order chi connectivity index (χ0) is 21.2. The van der Waals surface area contributed by atoms with Gasteiger partial charge in [-0.25, -0.2) is 4.98 Å². The van der Waals surface area contributed by atoms with Crippen molar-refractivity contribution < 1.29 is 9.59 Å². The molecule has 1 atom stereocenters. The minimum absolute atomic E-state index is 0.0550. The van der Waals surface area contributed by atoms with Gasteiger partial charge in [-0.2, -0.15) is 0 Å². The van der Waals surface area contributed by atoms with E-state index in [1.165, 1.54) is 11.3 Å². The summed E-state index contributed by atoms with van der Waals surface area (Å²) in [6.45, 7) is 4.34. The number of para-hydroxylation sites is 2. The van der Waals surface area contributed by atoms with E-state index in [1.54, 1.807) is 0 Å². The third-order valence-corrected chi connectivity index (χ3v) is 7.13. The summed E-state index contributed by atoms with van der Waals surface area (Å²) in [5.41, 5.74) is 2.00. The van der Waals surface area contributed by atoms with Gasteiger partial charge in [0.1, 0.15) is 0 Å². The Labute approximate surface area is 185 Å². The van der Waals surface area contributed by atoms with Crippen LogP contribution in [0.25, 0.3) is 11.0 Å². The van der Waals surface area contributed by atoms with Gasteiger partial charge in [0.25, 0.3) is 5.91 Å². The van der Waals surface area contributed by atoms with Crippen molar-refractivity contribution in [1.82, 2.24) is 19.8 Å². The van der Waals surface area contributed by atoms with Crippen molar-refractivity contribution in [1.29, 1.82) is 0 Å². The van der Waals surface area contributed by atoms with E-state index in [4.69, 9.17) is 4.98 Å². The molecule has 2 amide bonds. The summed E-state index contributed by atoms with van der Waals surface area (Å²) in [6, 6.07) is 11.8. The number of amides is 2. The van der Waals surface area contributed by atoms with Crippen molar-refractivity contribution in [3.63, 3.8) is 0 Å². The first-order valence-corrected chi connectivity index (χ1v) is 11.9. The number of hydrogen-bond acceptors (Lipinski definition) is 5. The van der Waals surface area contributed by atoms with Gasteiger partial charge < -0.3 is 19.7 Å². The first-order valence-electron chi connectivity index (χ1n) is 11.0. The molecule has 0 radical (unpaired) electrons. The number of nitrogens with zero attached hydrogens (tertiary/aromatic N) is 4. The average molecular weight is 438 g/mol. The third kappa shape index (κ3) is 4.17. The summed E-state index contributed by atoms with van der Waals surface area (Å²) in [5, 5.41) is 1.92. The number of anilines is 1. The van der Waals surface area contributed by atoms with Crippen LogP contribution in [0.1, 0.15) is 28.9 Å². The molecule has 1 aromatic carbocycles. The maximum absolute atomic E-state index is 13.3. The van der Waals surface area contributed by atoms with E-state index in [9.17, 15) is 9.59 Å². The number of hydrogen-bond donors (Lipinski definition) is 1. The van der Waals surface area contributed by atoms with Gasteiger partial charge in [-0.3, -0.25) is 9.59 Å². The predicted octanol–water partition coefficient (Wildman–Crippen LogP) is 3.22.